The highest BCUT2D eigenvalue weighted by atomic mass is 19.1. The molecule has 1 aliphatic rings. The van der Waals surface area contributed by atoms with E-state index in [1.165, 1.54) is 24.5 Å². The molecule has 24 heavy (non-hydrogen) atoms. The predicted octanol–water partition coefficient (Wildman–Crippen LogP) is 1.61. The number of carbonyl (C=O) groups excluding carboxylic acids is 1. The Morgan fingerprint density at radius 1 is 1.25 bits per heavy atom. The standard InChI is InChI=1S/C17H21FN4O2/c1-17(2,11-22-5-7-24-8-6-22)21-16(23)12-9-14-15(10-13(12)18)20-4-3-19-14/h3-4,9-10H,5-8,11H2,1-2H3,(H,21,23). The molecule has 3 rings (SSSR count). The van der Waals surface area contributed by atoms with Crippen LogP contribution in [0.4, 0.5) is 4.39 Å². The van der Waals surface area contributed by atoms with Gasteiger partial charge in [0, 0.05) is 43.6 Å². The smallest absolute Gasteiger partial charge is 0.254 e. The average molecular weight is 332 g/mol. The van der Waals surface area contributed by atoms with Gasteiger partial charge in [0.2, 0.25) is 0 Å². The molecule has 7 heteroatoms. The fourth-order valence-corrected chi connectivity index (χ4v) is 2.89. The Balaban J connectivity index is 1.74. The zero-order valence-electron chi connectivity index (χ0n) is 13.9. The van der Waals surface area contributed by atoms with E-state index in [0.717, 1.165) is 13.1 Å². The third kappa shape index (κ3) is 3.85. The minimum atomic E-state index is -0.595. The van der Waals surface area contributed by atoms with Crippen LogP contribution in [0, 0.1) is 5.82 Å². The van der Waals surface area contributed by atoms with Crippen LogP contribution < -0.4 is 5.32 Å². The van der Waals surface area contributed by atoms with Crippen molar-refractivity contribution in [3.05, 3.63) is 35.9 Å². The molecule has 1 aliphatic heterocycles. The van der Waals surface area contributed by atoms with Gasteiger partial charge in [0.1, 0.15) is 5.82 Å². The summed E-state index contributed by atoms with van der Waals surface area (Å²) in [6.45, 7) is 7.60. The Labute approximate surface area is 140 Å². The first kappa shape index (κ1) is 16.7. The lowest BCUT2D eigenvalue weighted by molar-refractivity contribution is 0.0269. The lowest BCUT2D eigenvalue weighted by Crippen LogP contribution is -2.53. The van der Waals surface area contributed by atoms with Gasteiger partial charge in [-0.05, 0) is 19.9 Å². The number of hydrogen-bond acceptors (Lipinski definition) is 5. The quantitative estimate of drug-likeness (QED) is 0.921. The van der Waals surface area contributed by atoms with Crippen molar-refractivity contribution in [2.24, 2.45) is 0 Å². The number of morpholine rings is 1. The lowest BCUT2D eigenvalue weighted by atomic mass is 10.0. The van der Waals surface area contributed by atoms with Crippen molar-refractivity contribution in [2.75, 3.05) is 32.8 Å². The number of ether oxygens (including phenoxy) is 1. The van der Waals surface area contributed by atoms with Crippen LogP contribution >= 0.6 is 0 Å². The number of aromatic nitrogens is 2. The van der Waals surface area contributed by atoms with E-state index in [2.05, 4.69) is 20.2 Å². The molecular formula is C17H21FN4O2. The molecule has 0 atom stereocenters. The van der Waals surface area contributed by atoms with Gasteiger partial charge in [-0.15, -0.1) is 0 Å². The van der Waals surface area contributed by atoms with Crippen LogP contribution in [0.25, 0.3) is 11.0 Å². The van der Waals surface area contributed by atoms with Crippen LogP contribution in [0.5, 0.6) is 0 Å². The van der Waals surface area contributed by atoms with E-state index < -0.39 is 17.3 Å². The van der Waals surface area contributed by atoms with Gasteiger partial charge >= 0.3 is 0 Å². The molecule has 0 saturated carbocycles. The van der Waals surface area contributed by atoms with E-state index in [4.69, 9.17) is 4.74 Å². The normalized spacial score (nSPS) is 16.3. The van der Waals surface area contributed by atoms with E-state index >= 15 is 0 Å². The Morgan fingerprint density at radius 2 is 1.88 bits per heavy atom. The van der Waals surface area contributed by atoms with Gasteiger partial charge in [-0.25, -0.2) is 4.39 Å². The predicted molar refractivity (Wildman–Crippen MR) is 88.3 cm³/mol. The second kappa shape index (κ2) is 6.78. The van der Waals surface area contributed by atoms with Gasteiger partial charge in [-0.2, -0.15) is 0 Å². The Bertz CT molecular complexity index is 744. The van der Waals surface area contributed by atoms with E-state index in [1.807, 2.05) is 13.8 Å². The molecule has 1 saturated heterocycles. The summed E-state index contributed by atoms with van der Waals surface area (Å²) in [7, 11) is 0. The molecule has 2 heterocycles. The number of carbonyl (C=O) groups is 1. The van der Waals surface area contributed by atoms with Gasteiger partial charge in [-0.3, -0.25) is 19.7 Å². The summed E-state index contributed by atoms with van der Waals surface area (Å²) >= 11 is 0. The minimum absolute atomic E-state index is 0.0157. The molecule has 6 nitrogen and oxygen atoms in total. The number of amides is 1. The first-order valence-corrected chi connectivity index (χ1v) is 7.97. The first-order valence-electron chi connectivity index (χ1n) is 7.97. The van der Waals surface area contributed by atoms with E-state index in [1.54, 1.807) is 0 Å². The summed E-state index contributed by atoms with van der Waals surface area (Å²) in [5.41, 5.74) is 0.422. The van der Waals surface area contributed by atoms with Crippen molar-refractivity contribution < 1.29 is 13.9 Å². The van der Waals surface area contributed by atoms with Crippen molar-refractivity contribution in [3.63, 3.8) is 0 Å². The van der Waals surface area contributed by atoms with Crippen molar-refractivity contribution in [1.82, 2.24) is 20.2 Å². The zero-order chi connectivity index (χ0) is 17.2. The van der Waals surface area contributed by atoms with Gasteiger partial charge in [0.15, 0.2) is 0 Å². The van der Waals surface area contributed by atoms with E-state index in [0.29, 0.717) is 30.8 Å². The van der Waals surface area contributed by atoms with Gasteiger partial charge in [0.05, 0.1) is 29.8 Å². The molecule has 1 aromatic heterocycles. The summed E-state index contributed by atoms with van der Waals surface area (Å²) in [6.07, 6.45) is 3.01. The summed E-state index contributed by atoms with van der Waals surface area (Å²) in [5, 5.41) is 2.92. The maximum absolute atomic E-state index is 14.2. The number of fused-ring (bicyclic) bond motifs is 1. The molecule has 1 fully saturated rings. The number of rotatable bonds is 4. The second-order valence-electron chi connectivity index (χ2n) is 6.60. The largest absolute Gasteiger partial charge is 0.379 e. The molecular weight excluding hydrogens is 311 g/mol. The second-order valence-corrected chi connectivity index (χ2v) is 6.60. The molecule has 0 aliphatic carbocycles. The summed E-state index contributed by atoms with van der Waals surface area (Å²) in [4.78, 5) is 22.9. The van der Waals surface area contributed by atoms with Crippen LogP contribution in [0.1, 0.15) is 24.2 Å². The number of nitrogens with one attached hydrogen (secondary N) is 1. The number of benzene rings is 1. The fraction of sp³-hybridized carbons (Fsp3) is 0.471. The van der Waals surface area contributed by atoms with Crippen molar-refractivity contribution in [1.29, 1.82) is 0 Å². The monoisotopic (exact) mass is 332 g/mol. The van der Waals surface area contributed by atoms with Gasteiger partial charge in [-0.1, -0.05) is 0 Å². The van der Waals surface area contributed by atoms with Crippen molar-refractivity contribution >= 4 is 16.9 Å². The molecule has 1 N–H and O–H groups in total. The molecule has 2 aromatic rings. The molecule has 1 aromatic carbocycles. The minimum Gasteiger partial charge on any atom is -0.379 e. The average Bonchev–Trinajstić information content (AvgIpc) is 2.54. The maximum Gasteiger partial charge on any atom is 0.254 e. The number of hydrogen-bond donors (Lipinski definition) is 1. The highest BCUT2D eigenvalue weighted by molar-refractivity contribution is 5.97. The van der Waals surface area contributed by atoms with E-state index in [9.17, 15) is 9.18 Å². The highest BCUT2D eigenvalue weighted by Gasteiger charge is 2.26. The topological polar surface area (TPSA) is 67.3 Å². The molecule has 1 amide bonds. The Kier molecular flexibility index (Phi) is 4.73. The van der Waals surface area contributed by atoms with Crippen LogP contribution in [0.15, 0.2) is 24.5 Å². The lowest BCUT2D eigenvalue weighted by Gasteiger charge is -2.35. The summed E-state index contributed by atoms with van der Waals surface area (Å²) in [6, 6.07) is 2.68. The fourth-order valence-electron chi connectivity index (χ4n) is 2.89. The third-order valence-electron chi connectivity index (χ3n) is 3.98. The molecule has 0 bridgehead atoms. The van der Waals surface area contributed by atoms with Crippen LogP contribution in [0.3, 0.4) is 0 Å². The molecule has 0 radical (unpaired) electrons. The van der Waals surface area contributed by atoms with Gasteiger partial charge in [0.25, 0.3) is 5.91 Å². The Hall–Kier alpha value is -2.12. The number of halogens is 1. The van der Waals surface area contributed by atoms with Gasteiger partial charge < -0.3 is 10.1 Å². The Morgan fingerprint density at radius 3 is 2.54 bits per heavy atom. The molecule has 0 spiro atoms. The third-order valence-corrected chi connectivity index (χ3v) is 3.98. The summed E-state index contributed by atoms with van der Waals surface area (Å²) < 4.78 is 19.6. The van der Waals surface area contributed by atoms with Crippen LogP contribution in [0.2, 0.25) is 0 Å². The van der Waals surface area contributed by atoms with E-state index in [-0.39, 0.29) is 5.56 Å². The van der Waals surface area contributed by atoms with Crippen molar-refractivity contribution in [3.8, 4) is 0 Å². The SMILES string of the molecule is CC(C)(CN1CCOCC1)NC(=O)c1cc2nccnc2cc1F. The zero-order valence-corrected chi connectivity index (χ0v) is 13.9. The molecule has 128 valence electrons. The van der Waals surface area contributed by atoms with Crippen LogP contribution in [-0.4, -0.2) is 59.2 Å². The molecule has 0 unspecified atom stereocenters. The number of nitrogens with zero attached hydrogens (tertiary/aromatic N) is 3. The highest BCUT2D eigenvalue weighted by Crippen LogP contribution is 2.17. The van der Waals surface area contributed by atoms with Crippen molar-refractivity contribution in [2.45, 2.75) is 19.4 Å². The summed E-state index contributed by atoms with van der Waals surface area (Å²) in [5.74, 6) is -1.04. The maximum atomic E-state index is 14.2. The van der Waals surface area contributed by atoms with Crippen LogP contribution in [-0.2, 0) is 4.74 Å². The first-order chi connectivity index (χ1) is 11.4.